The highest BCUT2D eigenvalue weighted by atomic mass is 35.5. The van der Waals surface area contributed by atoms with E-state index in [-0.39, 0.29) is 49.6 Å². The van der Waals surface area contributed by atoms with Gasteiger partial charge in [0.05, 0.1) is 17.9 Å². The molecule has 6 rings (SSSR count). The van der Waals surface area contributed by atoms with Crippen LogP contribution < -0.4 is 19.5 Å². The average Bonchev–Trinajstić information content (AvgIpc) is 4.05. The number of alkyl halides is 2. The summed E-state index contributed by atoms with van der Waals surface area (Å²) in [5.41, 5.74) is -4.05. The molecule has 14 nitrogen and oxygen atoms in total. The predicted molar refractivity (Wildman–Crippen MR) is 216 cm³/mol. The van der Waals surface area contributed by atoms with Gasteiger partial charge in [-0.15, -0.1) is 0 Å². The molecule has 3 N–H and O–H groups in total. The highest BCUT2D eigenvalue weighted by Gasteiger charge is 2.62. The maximum atomic E-state index is 15.4. The lowest BCUT2D eigenvalue weighted by Gasteiger charge is -2.47. The van der Waals surface area contributed by atoms with Gasteiger partial charge in [-0.3, -0.25) is 24.0 Å². The van der Waals surface area contributed by atoms with E-state index in [4.69, 9.17) is 21.1 Å². The van der Waals surface area contributed by atoms with Crippen molar-refractivity contribution in [3.63, 3.8) is 0 Å². The summed E-state index contributed by atoms with van der Waals surface area (Å²) in [7, 11) is -4.01. The van der Waals surface area contributed by atoms with Crippen LogP contribution in [-0.4, -0.2) is 105 Å². The zero-order valence-corrected chi connectivity index (χ0v) is 35.9. The Bertz CT molecular complexity index is 2130. The van der Waals surface area contributed by atoms with Crippen LogP contribution in [0.4, 0.5) is 13.6 Å². The molecule has 2 aromatic rings. The molecule has 0 radical (unpaired) electrons. The molecule has 3 fully saturated rings. The van der Waals surface area contributed by atoms with Gasteiger partial charge < -0.3 is 24.8 Å². The molecular weight excluding hydrogens is 812 g/mol. The summed E-state index contributed by atoms with van der Waals surface area (Å²) >= 11 is 6.57. The first-order chi connectivity index (χ1) is 27.5. The molecule has 7 atom stereocenters. The number of amides is 4. The van der Waals surface area contributed by atoms with Crippen LogP contribution in [0, 0.1) is 17.8 Å². The fraction of sp³-hybridized carbons (Fsp3) is 0.634. The summed E-state index contributed by atoms with van der Waals surface area (Å²) < 4.78 is 71.2. The summed E-state index contributed by atoms with van der Waals surface area (Å²) in [6.07, 6.45) is 2.71. The number of aromatic nitrogens is 1. The largest absolute Gasteiger partial charge is 0.475 e. The summed E-state index contributed by atoms with van der Waals surface area (Å²) in [4.78, 5) is 63.0. The lowest BCUT2D eigenvalue weighted by atomic mass is 9.84. The summed E-state index contributed by atoms with van der Waals surface area (Å²) in [6.45, 7) is 9.60. The molecule has 4 aliphatic rings. The van der Waals surface area contributed by atoms with E-state index in [1.165, 1.54) is 0 Å². The number of allylic oxidation sites excluding steroid dienone is 1. The number of halogens is 3. The van der Waals surface area contributed by atoms with Crippen LogP contribution in [0.2, 0.25) is 5.02 Å². The molecule has 0 spiro atoms. The molecular formula is C41H54ClF2N5O9S. The van der Waals surface area contributed by atoms with Crippen molar-refractivity contribution in [1.29, 1.82) is 0 Å². The molecule has 1 saturated heterocycles. The SMILES string of the molecule is CC(C)Oc1cc2c(Cl)cccc2c(O[C@@H]2C[C@H]3C(=O)N[C@]4(C(=O)NS(=O)(=O)C5CC5)C[C@H]4/C=C\CC[C@H](C)C[C@@H](C)[C@H](N(C(=O)O)C(C)(C)C(C)(F)F)C(=O)N3C2)n1. The first-order valence-corrected chi connectivity index (χ1v) is 22.1. The third-order valence-electron chi connectivity index (χ3n) is 12.1. The normalized spacial score (nSPS) is 28.8. The highest BCUT2D eigenvalue weighted by molar-refractivity contribution is 7.91. The second-order valence-corrected chi connectivity index (χ2v) is 19.9. The first-order valence-electron chi connectivity index (χ1n) is 20.1. The number of carboxylic acid groups (broad SMARTS) is 1. The average molecular weight is 866 g/mol. The molecule has 2 aliphatic carbocycles. The smallest absolute Gasteiger partial charge is 0.408 e. The maximum absolute atomic E-state index is 15.4. The monoisotopic (exact) mass is 865 g/mol. The minimum atomic E-state index is -4.01. The minimum absolute atomic E-state index is 0.0763. The highest BCUT2D eigenvalue weighted by Crippen LogP contribution is 2.47. The number of fused-ring (bicyclic) bond motifs is 3. The van der Waals surface area contributed by atoms with Crippen LogP contribution in [-0.2, 0) is 24.4 Å². The minimum Gasteiger partial charge on any atom is -0.475 e. The Labute approximate surface area is 348 Å². The van der Waals surface area contributed by atoms with Gasteiger partial charge in [-0.25, -0.2) is 22.0 Å². The van der Waals surface area contributed by atoms with Gasteiger partial charge in [0.1, 0.15) is 29.3 Å². The van der Waals surface area contributed by atoms with Crippen LogP contribution in [0.15, 0.2) is 36.4 Å². The Morgan fingerprint density at radius 3 is 2.44 bits per heavy atom. The quantitative estimate of drug-likeness (QED) is 0.229. The topological polar surface area (TPSA) is 185 Å². The molecule has 0 unspecified atom stereocenters. The van der Waals surface area contributed by atoms with E-state index < -0.39 is 86.1 Å². The van der Waals surface area contributed by atoms with Gasteiger partial charge in [0.2, 0.25) is 33.6 Å². The molecule has 3 heterocycles. The number of carbonyl (C=O) groups excluding carboxylic acids is 3. The molecule has 1 aromatic carbocycles. The second kappa shape index (κ2) is 16.3. The van der Waals surface area contributed by atoms with Gasteiger partial charge in [-0.2, -0.15) is 4.98 Å². The zero-order valence-electron chi connectivity index (χ0n) is 34.3. The van der Waals surface area contributed by atoms with E-state index in [0.717, 1.165) is 18.7 Å². The second-order valence-electron chi connectivity index (χ2n) is 17.6. The van der Waals surface area contributed by atoms with Crippen molar-refractivity contribution < 1.29 is 51.0 Å². The van der Waals surface area contributed by atoms with Crippen molar-refractivity contribution in [2.24, 2.45) is 17.8 Å². The Morgan fingerprint density at radius 2 is 1.81 bits per heavy atom. The number of carbonyl (C=O) groups is 4. The fourth-order valence-electron chi connectivity index (χ4n) is 8.30. The number of rotatable bonds is 10. The Hall–Kier alpha value is -4.25. The van der Waals surface area contributed by atoms with Crippen LogP contribution in [0.3, 0.4) is 0 Å². The molecule has 324 valence electrons. The van der Waals surface area contributed by atoms with Crippen LogP contribution in [0.1, 0.15) is 93.4 Å². The van der Waals surface area contributed by atoms with Crippen molar-refractivity contribution in [1.82, 2.24) is 24.8 Å². The number of hydrogen-bond acceptors (Lipinski definition) is 9. The Kier molecular flexibility index (Phi) is 12.3. The van der Waals surface area contributed by atoms with E-state index in [1.807, 2.05) is 26.8 Å². The number of pyridine rings is 1. The van der Waals surface area contributed by atoms with Crippen molar-refractivity contribution in [2.75, 3.05) is 6.54 Å². The Balaban J connectivity index is 1.44. The van der Waals surface area contributed by atoms with Gasteiger partial charge in [0.15, 0.2) is 0 Å². The van der Waals surface area contributed by atoms with E-state index in [9.17, 15) is 27.9 Å². The molecule has 18 heteroatoms. The molecule has 2 saturated carbocycles. The third-order valence-corrected chi connectivity index (χ3v) is 14.3. The van der Waals surface area contributed by atoms with Crippen LogP contribution >= 0.6 is 11.6 Å². The fourth-order valence-corrected chi connectivity index (χ4v) is 9.89. The van der Waals surface area contributed by atoms with Crippen molar-refractivity contribution in [3.8, 4) is 11.8 Å². The first kappa shape index (κ1) is 44.3. The van der Waals surface area contributed by atoms with Gasteiger partial charge in [0.25, 0.3) is 11.8 Å². The van der Waals surface area contributed by atoms with E-state index >= 15 is 13.6 Å². The van der Waals surface area contributed by atoms with Crippen LogP contribution in [0.5, 0.6) is 11.8 Å². The predicted octanol–water partition coefficient (Wildman–Crippen LogP) is 6.30. The molecule has 1 aromatic heterocycles. The lowest BCUT2D eigenvalue weighted by Crippen LogP contribution is -2.66. The molecule has 4 amide bonds. The van der Waals surface area contributed by atoms with Crippen molar-refractivity contribution in [2.45, 2.75) is 140 Å². The molecule has 2 aliphatic heterocycles. The van der Waals surface area contributed by atoms with Gasteiger partial charge in [-0.1, -0.05) is 43.7 Å². The number of sulfonamides is 1. The summed E-state index contributed by atoms with van der Waals surface area (Å²) in [6, 6.07) is 3.68. The summed E-state index contributed by atoms with van der Waals surface area (Å²) in [5.74, 6) is -7.44. The number of hydrogen-bond donors (Lipinski definition) is 3. The van der Waals surface area contributed by atoms with Gasteiger partial charge in [0, 0.05) is 41.1 Å². The number of benzene rings is 1. The van der Waals surface area contributed by atoms with Gasteiger partial charge >= 0.3 is 6.09 Å². The Morgan fingerprint density at radius 1 is 1.12 bits per heavy atom. The maximum Gasteiger partial charge on any atom is 0.408 e. The van der Waals surface area contributed by atoms with E-state index in [0.29, 0.717) is 53.3 Å². The lowest BCUT2D eigenvalue weighted by molar-refractivity contribution is -0.156. The molecule has 59 heavy (non-hydrogen) atoms. The number of nitrogens with zero attached hydrogens (tertiary/aromatic N) is 3. The standard InChI is InChI=1S/C41H54ClF2N5O9S/c1-22(2)57-32-19-29-28(13-10-14-30(29)42)35(45-32)58-26-18-31-34(50)46-41(37(52)47-59(55,56)27-15-16-27)20-25(41)12-9-8-11-23(3)17-24(4)33(36(51)48(31)21-26)49(38(53)54)39(5,6)40(7,43)44/h9-10,12-14,19,22-27,31,33H,8,11,15-18,20-21H2,1-7H3,(H,46,50)(H,47,52)(H,53,54)/b12-9-/t23-,24+,25+,26+,31-,33-,41+/m0/s1. The van der Waals surface area contributed by atoms with E-state index in [1.54, 1.807) is 37.3 Å². The zero-order chi connectivity index (χ0) is 43.4. The van der Waals surface area contributed by atoms with Crippen LogP contribution in [0.25, 0.3) is 10.8 Å². The van der Waals surface area contributed by atoms with Crippen molar-refractivity contribution in [3.05, 3.63) is 41.4 Å². The summed E-state index contributed by atoms with van der Waals surface area (Å²) in [5, 5.41) is 14.2. The number of nitrogens with one attached hydrogen (secondary N) is 2. The number of ether oxygens (including phenoxy) is 2. The van der Waals surface area contributed by atoms with Gasteiger partial charge in [-0.05, 0) is 90.2 Å². The molecule has 0 bridgehead atoms. The van der Waals surface area contributed by atoms with Crippen molar-refractivity contribution >= 4 is 56.2 Å². The van der Waals surface area contributed by atoms with E-state index in [2.05, 4.69) is 15.0 Å². The third kappa shape index (κ3) is 9.10.